The third kappa shape index (κ3) is 1.98. The van der Waals surface area contributed by atoms with Gasteiger partial charge in [0.15, 0.2) is 0 Å². The van der Waals surface area contributed by atoms with E-state index in [0.717, 1.165) is 17.5 Å². The third-order valence-electron chi connectivity index (χ3n) is 3.88. The first-order valence-electron chi connectivity index (χ1n) is 6.42. The Morgan fingerprint density at radius 3 is 3.17 bits per heavy atom. The minimum Gasteiger partial charge on any atom is -0.388 e. The second kappa shape index (κ2) is 4.82. The molecule has 0 aromatic carbocycles. The van der Waals surface area contributed by atoms with Gasteiger partial charge in [0.2, 0.25) is 0 Å². The number of hydrogen-bond donors (Lipinski definition) is 1. The van der Waals surface area contributed by atoms with Crippen LogP contribution in [0.5, 0.6) is 0 Å². The first-order valence-corrected chi connectivity index (χ1v) is 7.30. The average Bonchev–Trinajstić information content (AvgIpc) is 2.86. The Bertz CT molecular complexity index is 549. The molecule has 2 heterocycles. The Kier molecular flexibility index (Phi) is 3.18. The van der Waals surface area contributed by atoms with E-state index in [2.05, 4.69) is 16.4 Å². The van der Waals surface area contributed by atoms with Gasteiger partial charge in [0.05, 0.1) is 6.10 Å². The smallest absolute Gasteiger partial charge is 0.0876 e. The van der Waals surface area contributed by atoms with Crippen molar-refractivity contribution < 1.29 is 5.11 Å². The molecule has 3 rings (SSSR count). The van der Waals surface area contributed by atoms with Gasteiger partial charge in [0.25, 0.3) is 0 Å². The van der Waals surface area contributed by atoms with Crippen LogP contribution in [-0.4, -0.2) is 10.1 Å². The van der Waals surface area contributed by atoms with Gasteiger partial charge in [-0.05, 0) is 54.8 Å². The fraction of sp³-hybridized carbons (Fsp3) is 0.400. The summed E-state index contributed by atoms with van der Waals surface area (Å²) in [6.07, 6.45) is 6.58. The molecule has 1 N–H and O–H groups in total. The molecule has 0 spiro atoms. The highest BCUT2D eigenvalue weighted by molar-refractivity contribution is 7.10. The lowest BCUT2D eigenvalue weighted by Crippen LogP contribution is -2.16. The molecule has 0 aliphatic heterocycles. The first kappa shape index (κ1) is 11.9. The Hall–Kier alpha value is -1.19. The maximum Gasteiger partial charge on any atom is 0.0876 e. The number of aryl methyl sites for hydroxylation is 2. The van der Waals surface area contributed by atoms with Gasteiger partial charge < -0.3 is 5.11 Å². The van der Waals surface area contributed by atoms with E-state index in [1.54, 1.807) is 12.4 Å². The van der Waals surface area contributed by atoms with E-state index in [0.29, 0.717) is 0 Å². The number of thiophene rings is 1. The summed E-state index contributed by atoms with van der Waals surface area (Å²) >= 11 is 1.82. The molecule has 2 aromatic heterocycles. The number of hydrogen-bond acceptors (Lipinski definition) is 3. The highest BCUT2D eigenvalue weighted by Crippen LogP contribution is 2.42. The number of nitrogens with zero attached hydrogens (tertiary/aromatic N) is 1. The van der Waals surface area contributed by atoms with Crippen LogP contribution in [0.15, 0.2) is 29.9 Å². The summed E-state index contributed by atoms with van der Waals surface area (Å²) in [6.45, 7) is 2.04. The van der Waals surface area contributed by atoms with E-state index in [1.165, 1.54) is 23.3 Å². The van der Waals surface area contributed by atoms with Crippen molar-refractivity contribution in [2.75, 3.05) is 0 Å². The minimum atomic E-state index is -0.424. The zero-order chi connectivity index (χ0) is 12.5. The number of aromatic nitrogens is 1. The van der Waals surface area contributed by atoms with Crippen LogP contribution < -0.4 is 0 Å². The van der Waals surface area contributed by atoms with Crippen LogP contribution in [0.1, 0.15) is 46.4 Å². The van der Waals surface area contributed by atoms with Gasteiger partial charge in [-0.1, -0.05) is 0 Å². The predicted molar refractivity (Wildman–Crippen MR) is 73.9 cm³/mol. The molecule has 2 aromatic rings. The monoisotopic (exact) mass is 259 g/mol. The molecule has 94 valence electrons. The zero-order valence-electron chi connectivity index (χ0n) is 10.5. The van der Waals surface area contributed by atoms with Crippen molar-refractivity contribution in [2.45, 2.75) is 38.2 Å². The van der Waals surface area contributed by atoms with Gasteiger partial charge in [-0.25, -0.2) is 0 Å². The Labute approximate surface area is 111 Å². The van der Waals surface area contributed by atoms with Crippen LogP contribution >= 0.6 is 11.3 Å². The number of rotatable bonds is 2. The molecule has 18 heavy (non-hydrogen) atoms. The zero-order valence-corrected chi connectivity index (χ0v) is 11.3. The predicted octanol–water partition coefficient (Wildman–Crippen LogP) is 3.61. The molecular weight excluding hydrogens is 242 g/mol. The van der Waals surface area contributed by atoms with E-state index in [9.17, 15) is 5.11 Å². The number of aliphatic hydroxyl groups is 1. The molecule has 2 unspecified atom stereocenters. The summed E-state index contributed by atoms with van der Waals surface area (Å²) in [7, 11) is 0. The van der Waals surface area contributed by atoms with E-state index >= 15 is 0 Å². The van der Waals surface area contributed by atoms with Gasteiger partial charge in [0.1, 0.15) is 0 Å². The van der Waals surface area contributed by atoms with Crippen LogP contribution in [0.4, 0.5) is 0 Å². The molecule has 2 nitrogen and oxygen atoms in total. The van der Waals surface area contributed by atoms with Gasteiger partial charge in [-0.2, -0.15) is 0 Å². The lowest BCUT2D eigenvalue weighted by molar-refractivity contribution is 0.135. The Morgan fingerprint density at radius 2 is 2.33 bits per heavy atom. The highest BCUT2D eigenvalue weighted by atomic mass is 32.1. The molecular formula is C15H17NOS. The van der Waals surface area contributed by atoms with Crippen LogP contribution in [0, 0.1) is 6.92 Å². The maximum atomic E-state index is 10.7. The van der Waals surface area contributed by atoms with Gasteiger partial charge in [-0.3, -0.25) is 4.98 Å². The van der Waals surface area contributed by atoms with Crippen molar-refractivity contribution in [1.82, 2.24) is 4.98 Å². The molecule has 1 aliphatic carbocycles. The molecule has 3 heteroatoms. The molecule has 0 amide bonds. The van der Waals surface area contributed by atoms with Gasteiger partial charge >= 0.3 is 0 Å². The maximum absolute atomic E-state index is 10.7. The van der Waals surface area contributed by atoms with Crippen molar-refractivity contribution in [2.24, 2.45) is 0 Å². The summed E-state index contributed by atoms with van der Waals surface area (Å²) < 4.78 is 0. The van der Waals surface area contributed by atoms with Crippen molar-refractivity contribution in [3.8, 4) is 0 Å². The standard InChI is InChI=1S/C15H17NOS/c1-10-5-7-16-9-13(10)15(17)12-3-2-4-14-11(12)6-8-18-14/h5-9,12,15,17H,2-4H2,1H3. The van der Waals surface area contributed by atoms with E-state index < -0.39 is 6.10 Å². The molecule has 1 aliphatic rings. The second-order valence-electron chi connectivity index (χ2n) is 4.97. The van der Waals surface area contributed by atoms with Crippen molar-refractivity contribution in [1.29, 1.82) is 0 Å². The summed E-state index contributed by atoms with van der Waals surface area (Å²) in [4.78, 5) is 5.60. The first-order chi connectivity index (χ1) is 8.77. The highest BCUT2D eigenvalue weighted by Gasteiger charge is 2.29. The SMILES string of the molecule is Cc1ccncc1C(O)C1CCCc2sccc21. The lowest BCUT2D eigenvalue weighted by Gasteiger charge is -2.28. The van der Waals surface area contributed by atoms with E-state index in [1.807, 2.05) is 24.3 Å². The summed E-state index contributed by atoms with van der Waals surface area (Å²) in [6, 6.07) is 4.15. The average molecular weight is 259 g/mol. The fourth-order valence-electron chi connectivity index (χ4n) is 2.85. The van der Waals surface area contributed by atoms with E-state index in [-0.39, 0.29) is 5.92 Å². The fourth-order valence-corrected chi connectivity index (χ4v) is 3.85. The molecule has 0 bridgehead atoms. The quantitative estimate of drug-likeness (QED) is 0.893. The number of fused-ring (bicyclic) bond motifs is 1. The van der Waals surface area contributed by atoms with Crippen molar-refractivity contribution >= 4 is 11.3 Å². The van der Waals surface area contributed by atoms with Crippen LogP contribution in [-0.2, 0) is 6.42 Å². The molecule has 0 radical (unpaired) electrons. The second-order valence-corrected chi connectivity index (χ2v) is 5.98. The number of aliphatic hydroxyl groups excluding tert-OH is 1. The molecule has 0 fully saturated rings. The minimum absolute atomic E-state index is 0.239. The van der Waals surface area contributed by atoms with Crippen molar-refractivity contribution in [3.05, 3.63) is 51.5 Å². The Balaban J connectivity index is 1.95. The molecule has 0 saturated heterocycles. The topological polar surface area (TPSA) is 33.1 Å². The van der Waals surface area contributed by atoms with Gasteiger partial charge in [0, 0.05) is 28.8 Å². The largest absolute Gasteiger partial charge is 0.388 e. The van der Waals surface area contributed by atoms with Crippen LogP contribution in [0.3, 0.4) is 0 Å². The molecule has 0 saturated carbocycles. The normalized spacial score (nSPS) is 20.4. The number of pyridine rings is 1. The Morgan fingerprint density at radius 1 is 1.44 bits per heavy atom. The van der Waals surface area contributed by atoms with Crippen LogP contribution in [0.25, 0.3) is 0 Å². The summed E-state index contributed by atoms with van der Waals surface area (Å²) in [5.41, 5.74) is 3.45. The van der Waals surface area contributed by atoms with Crippen molar-refractivity contribution in [3.63, 3.8) is 0 Å². The van der Waals surface area contributed by atoms with Crippen LogP contribution in [0.2, 0.25) is 0 Å². The summed E-state index contributed by atoms with van der Waals surface area (Å²) in [5.74, 6) is 0.239. The lowest BCUT2D eigenvalue weighted by atomic mass is 9.81. The summed E-state index contributed by atoms with van der Waals surface area (Å²) in [5, 5.41) is 12.8. The van der Waals surface area contributed by atoms with Gasteiger partial charge in [-0.15, -0.1) is 11.3 Å². The molecule has 2 atom stereocenters. The third-order valence-corrected chi connectivity index (χ3v) is 4.87. The van der Waals surface area contributed by atoms with E-state index in [4.69, 9.17) is 0 Å².